The quantitative estimate of drug-likeness (QED) is 0.754. The van der Waals surface area contributed by atoms with Gasteiger partial charge in [-0.2, -0.15) is 0 Å². The van der Waals surface area contributed by atoms with Gasteiger partial charge in [0, 0.05) is 17.5 Å². The second-order valence-corrected chi connectivity index (χ2v) is 4.11. The molecule has 0 N–H and O–H groups in total. The van der Waals surface area contributed by atoms with Crippen molar-refractivity contribution in [3.63, 3.8) is 0 Å². The zero-order valence-electron chi connectivity index (χ0n) is 10.2. The maximum absolute atomic E-state index is 11.3. The zero-order chi connectivity index (χ0) is 12.4. The van der Waals surface area contributed by atoms with Crippen LogP contribution in [-0.2, 0) is 9.53 Å². The normalized spacial score (nSPS) is 23.4. The summed E-state index contributed by atoms with van der Waals surface area (Å²) in [6.45, 7) is 1.90. The van der Waals surface area contributed by atoms with Gasteiger partial charge in [-0.05, 0) is 13.0 Å². The van der Waals surface area contributed by atoms with Crippen LogP contribution >= 0.6 is 0 Å². The van der Waals surface area contributed by atoms with E-state index in [2.05, 4.69) is 0 Å². The summed E-state index contributed by atoms with van der Waals surface area (Å²) in [5, 5.41) is 0. The number of methoxy groups -OCH3 is 2. The number of esters is 1. The molecule has 92 valence electrons. The minimum absolute atomic E-state index is 0.0587. The van der Waals surface area contributed by atoms with Gasteiger partial charge < -0.3 is 14.2 Å². The highest BCUT2D eigenvalue weighted by Gasteiger charge is 2.34. The Morgan fingerprint density at radius 2 is 2.06 bits per heavy atom. The molecule has 1 heterocycles. The van der Waals surface area contributed by atoms with Crippen LogP contribution in [0.4, 0.5) is 0 Å². The Morgan fingerprint density at radius 1 is 1.29 bits per heavy atom. The number of ether oxygens (including phenoxy) is 3. The number of hydrogen-bond donors (Lipinski definition) is 0. The SMILES string of the molecule is COc1ccc([C@H]2CC(=O)OC2C)c(OC)c1. The maximum Gasteiger partial charge on any atom is 0.306 e. The number of carbonyl (C=O) groups is 1. The highest BCUT2D eigenvalue weighted by atomic mass is 16.5. The summed E-state index contributed by atoms with van der Waals surface area (Å²) >= 11 is 0. The van der Waals surface area contributed by atoms with Gasteiger partial charge in [0.05, 0.1) is 20.6 Å². The summed E-state index contributed by atoms with van der Waals surface area (Å²) in [5.74, 6) is 1.38. The van der Waals surface area contributed by atoms with E-state index in [1.807, 2.05) is 25.1 Å². The predicted octanol–water partition coefficient (Wildman–Crippen LogP) is 2.12. The molecule has 4 nitrogen and oxygen atoms in total. The highest BCUT2D eigenvalue weighted by Crippen LogP contribution is 2.38. The van der Waals surface area contributed by atoms with Gasteiger partial charge in [-0.1, -0.05) is 6.07 Å². The molecule has 0 saturated carbocycles. The van der Waals surface area contributed by atoms with Gasteiger partial charge in [0.25, 0.3) is 0 Å². The smallest absolute Gasteiger partial charge is 0.306 e. The molecule has 4 heteroatoms. The van der Waals surface area contributed by atoms with Crippen LogP contribution in [0.15, 0.2) is 18.2 Å². The van der Waals surface area contributed by atoms with Gasteiger partial charge in [-0.3, -0.25) is 4.79 Å². The van der Waals surface area contributed by atoms with Crippen LogP contribution in [0.2, 0.25) is 0 Å². The number of rotatable bonds is 3. The third-order valence-corrected chi connectivity index (χ3v) is 3.11. The molecule has 1 fully saturated rings. The van der Waals surface area contributed by atoms with Crippen LogP contribution in [0.1, 0.15) is 24.8 Å². The molecule has 2 rings (SSSR count). The van der Waals surface area contributed by atoms with E-state index in [1.165, 1.54) is 0 Å². The molecule has 1 aromatic rings. The lowest BCUT2D eigenvalue weighted by atomic mass is 9.92. The summed E-state index contributed by atoms with van der Waals surface area (Å²) in [4.78, 5) is 11.3. The summed E-state index contributed by atoms with van der Waals surface area (Å²) in [6, 6.07) is 5.62. The molecule has 2 atom stereocenters. The second kappa shape index (κ2) is 4.65. The van der Waals surface area contributed by atoms with Crippen molar-refractivity contribution in [2.75, 3.05) is 14.2 Å². The van der Waals surface area contributed by atoms with Crippen molar-refractivity contribution in [2.24, 2.45) is 0 Å². The summed E-state index contributed by atoms with van der Waals surface area (Å²) < 4.78 is 15.6. The first-order chi connectivity index (χ1) is 8.15. The monoisotopic (exact) mass is 236 g/mol. The van der Waals surface area contributed by atoms with Crippen LogP contribution in [0.5, 0.6) is 11.5 Å². The van der Waals surface area contributed by atoms with Gasteiger partial charge in [0.2, 0.25) is 0 Å². The second-order valence-electron chi connectivity index (χ2n) is 4.11. The fourth-order valence-electron chi connectivity index (χ4n) is 2.17. The summed E-state index contributed by atoms with van der Waals surface area (Å²) in [7, 11) is 3.22. The molecule has 1 unspecified atom stereocenters. The van der Waals surface area contributed by atoms with E-state index < -0.39 is 0 Å². The van der Waals surface area contributed by atoms with Crippen LogP contribution in [0.3, 0.4) is 0 Å². The minimum atomic E-state index is -0.152. The molecule has 0 aliphatic carbocycles. The molecular weight excluding hydrogens is 220 g/mol. The van der Waals surface area contributed by atoms with Gasteiger partial charge in [-0.25, -0.2) is 0 Å². The Balaban J connectivity index is 2.34. The first-order valence-corrected chi connectivity index (χ1v) is 5.57. The molecule has 1 aromatic carbocycles. The van der Waals surface area contributed by atoms with Crippen molar-refractivity contribution in [1.82, 2.24) is 0 Å². The third-order valence-electron chi connectivity index (χ3n) is 3.11. The Hall–Kier alpha value is -1.71. The third kappa shape index (κ3) is 2.20. The summed E-state index contributed by atoms with van der Waals surface area (Å²) in [5.41, 5.74) is 0.992. The molecule has 0 spiro atoms. The molecule has 1 aliphatic rings. The average Bonchev–Trinajstić information content (AvgIpc) is 2.67. The fraction of sp³-hybridized carbons (Fsp3) is 0.462. The Morgan fingerprint density at radius 3 is 2.59 bits per heavy atom. The fourth-order valence-corrected chi connectivity index (χ4v) is 2.17. The molecule has 0 amide bonds. The van der Waals surface area contributed by atoms with Gasteiger partial charge in [-0.15, -0.1) is 0 Å². The van der Waals surface area contributed by atoms with Crippen LogP contribution in [0.25, 0.3) is 0 Å². The average molecular weight is 236 g/mol. The Kier molecular flexibility index (Phi) is 3.22. The van der Waals surface area contributed by atoms with Crippen LogP contribution < -0.4 is 9.47 Å². The maximum atomic E-state index is 11.3. The lowest BCUT2D eigenvalue weighted by molar-refractivity contribution is -0.140. The van der Waals surface area contributed by atoms with Gasteiger partial charge in [0.15, 0.2) is 0 Å². The number of carbonyl (C=O) groups excluding carboxylic acids is 1. The van der Waals surface area contributed by atoms with E-state index in [0.29, 0.717) is 6.42 Å². The number of cyclic esters (lactones) is 1. The first-order valence-electron chi connectivity index (χ1n) is 5.57. The van der Waals surface area contributed by atoms with Crippen molar-refractivity contribution in [3.8, 4) is 11.5 Å². The molecular formula is C13H16O4. The van der Waals surface area contributed by atoms with Crippen molar-refractivity contribution in [3.05, 3.63) is 23.8 Å². The Bertz CT molecular complexity index is 427. The lowest BCUT2D eigenvalue weighted by Gasteiger charge is -2.17. The topological polar surface area (TPSA) is 44.8 Å². The van der Waals surface area contributed by atoms with E-state index in [0.717, 1.165) is 17.1 Å². The van der Waals surface area contributed by atoms with E-state index in [-0.39, 0.29) is 18.0 Å². The van der Waals surface area contributed by atoms with E-state index in [4.69, 9.17) is 14.2 Å². The van der Waals surface area contributed by atoms with Gasteiger partial charge >= 0.3 is 5.97 Å². The lowest BCUT2D eigenvalue weighted by Crippen LogP contribution is -2.10. The predicted molar refractivity (Wildman–Crippen MR) is 62.5 cm³/mol. The molecule has 0 radical (unpaired) electrons. The first kappa shape index (κ1) is 11.8. The highest BCUT2D eigenvalue weighted by molar-refractivity contribution is 5.73. The van der Waals surface area contributed by atoms with Crippen LogP contribution in [-0.4, -0.2) is 26.3 Å². The van der Waals surface area contributed by atoms with E-state index >= 15 is 0 Å². The molecule has 1 saturated heterocycles. The van der Waals surface area contributed by atoms with E-state index in [9.17, 15) is 4.79 Å². The zero-order valence-corrected chi connectivity index (χ0v) is 10.2. The van der Waals surface area contributed by atoms with Crippen molar-refractivity contribution >= 4 is 5.97 Å². The Labute approximate surface area is 100 Å². The minimum Gasteiger partial charge on any atom is -0.497 e. The van der Waals surface area contributed by atoms with Crippen molar-refractivity contribution in [1.29, 1.82) is 0 Å². The number of benzene rings is 1. The van der Waals surface area contributed by atoms with E-state index in [1.54, 1.807) is 14.2 Å². The van der Waals surface area contributed by atoms with Crippen LogP contribution in [0, 0.1) is 0 Å². The van der Waals surface area contributed by atoms with Crippen molar-refractivity contribution in [2.45, 2.75) is 25.4 Å². The summed E-state index contributed by atoms with van der Waals surface area (Å²) in [6.07, 6.45) is 0.300. The molecule has 1 aliphatic heterocycles. The molecule has 0 bridgehead atoms. The number of hydrogen-bond acceptors (Lipinski definition) is 4. The molecule has 17 heavy (non-hydrogen) atoms. The molecule has 0 aromatic heterocycles. The van der Waals surface area contributed by atoms with Gasteiger partial charge in [0.1, 0.15) is 17.6 Å². The largest absolute Gasteiger partial charge is 0.497 e. The van der Waals surface area contributed by atoms with Crippen molar-refractivity contribution < 1.29 is 19.0 Å². The standard InChI is InChI=1S/C13H16O4/c1-8-11(7-13(14)17-8)10-5-4-9(15-2)6-12(10)16-3/h4-6,8,11H,7H2,1-3H3/t8?,11-/m0/s1.